The van der Waals surface area contributed by atoms with Crippen molar-refractivity contribution >= 4 is 11.6 Å². The molecular weight excluding hydrogens is 226 g/mol. The van der Waals surface area contributed by atoms with Crippen LogP contribution in [0, 0.1) is 18.3 Å². The Balaban J connectivity index is 2.62. The van der Waals surface area contributed by atoms with Crippen molar-refractivity contribution in [3.63, 3.8) is 0 Å². The van der Waals surface area contributed by atoms with Crippen LogP contribution >= 0.6 is 0 Å². The molecule has 0 aliphatic rings. The SMILES string of the molecule is CCC(C)NC(=O)CNc1cccc(C)c1C#N. The number of hydrogen-bond donors (Lipinski definition) is 2. The predicted octanol–water partition coefficient (Wildman–Crippen LogP) is 2.19. The van der Waals surface area contributed by atoms with Crippen LogP contribution in [0.3, 0.4) is 0 Å². The lowest BCUT2D eigenvalue weighted by Crippen LogP contribution is -2.36. The van der Waals surface area contributed by atoms with E-state index < -0.39 is 0 Å². The quantitative estimate of drug-likeness (QED) is 0.835. The third-order valence-electron chi connectivity index (χ3n) is 2.84. The fraction of sp³-hybridized carbons (Fsp3) is 0.429. The molecule has 4 heteroatoms. The molecule has 1 amide bonds. The van der Waals surface area contributed by atoms with Gasteiger partial charge in [0, 0.05) is 6.04 Å². The number of aryl methyl sites for hydroxylation is 1. The lowest BCUT2D eigenvalue weighted by molar-refractivity contribution is -0.120. The summed E-state index contributed by atoms with van der Waals surface area (Å²) >= 11 is 0. The smallest absolute Gasteiger partial charge is 0.239 e. The summed E-state index contributed by atoms with van der Waals surface area (Å²) in [6.07, 6.45) is 0.902. The van der Waals surface area contributed by atoms with E-state index in [1.165, 1.54) is 0 Å². The largest absolute Gasteiger partial charge is 0.375 e. The first-order valence-corrected chi connectivity index (χ1v) is 6.11. The molecule has 0 heterocycles. The zero-order valence-electron chi connectivity index (χ0n) is 11.1. The van der Waals surface area contributed by atoms with Crippen LogP contribution < -0.4 is 10.6 Å². The fourth-order valence-electron chi connectivity index (χ4n) is 1.57. The van der Waals surface area contributed by atoms with Gasteiger partial charge < -0.3 is 10.6 Å². The molecule has 0 aromatic heterocycles. The molecule has 0 fully saturated rings. The molecule has 4 nitrogen and oxygen atoms in total. The summed E-state index contributed by atoms with van der Waals surface area (Å²) in [5.41, 5.74) is 2.20. The first-order chi connectivity index (χ1) is 8.58. The molecule has 1 unspecified atom stereocenters. The van der Waals surface area contributed by atoms with E-state index in [0.717, 1.165) is 12.0 Å². The van der Waals surface area contributed by atoms with Crippen molar-refractivity contribution in [3.05, 3.63) is 29.3 Å². The van der Waals surface area contributed by atoms with Crippen molar-refractivity contribution < 1.29 is 4.79 Å². The van der Waals surface area contributed by atoms with Gasteiger partial charge in [0.2, 0.25) is 5.91 Å². The highest BCUT2D eigenvalue weighted by atomic mass is 16.1. The number of hydrogen-bond acceptors (Lipinski definition) is 3. The molecule has 0 saturated carbocycles. The number of nitrogens with zero attached hydrogens (tertiary/aromatic N) is 1. The molecule has 0 aliphatic carbocycles. The van der Waals surface area contributed by atoms with Crippen molar-refractivity contribution in [2.45, 2.75) is 33.2 Å². The summed E-state index contributed by atoms with van der Waals surface area (Å²) in [6.45, 7) is 6.05. The third kappa shape index (κ3) is 3.77. The van der Waals surface area contributed by atoms with E-state index in [1.54, 1.807) is 0 Å². The Morgan fingerprint density at radius 1 is 1.50 bits per heavy atom. The fourth-order valence-corrected chi connectivity index (χ4v) is 1.57. The number of amides is 1. The van der Waals surface area contributed by atoms with Crippen LogP contribution in [0.15, 0.2) is 18.2 Å². The monoisotopic (exact) mass is 245 g/mol. The maximum absolute atomic E-state index is 11.6. The molecule has 1 atom stereocenters. The van der Waals surface area contributed by atoms with Crippen LogP contribution in [0.2, 0.25) is 0 Å². The van der Waals surface area contributed by atoms with Crippen LogP contribution in [0.1, 0.15) is 31.4 Å². The zero-order valence-corrected chi connectivity index (χ0v) is 11.1. The predicted molar refractivity (Wildman–Crippen MR) is 72.3 cm³/mol. The Bertz CT molecular complexity index is 463. The molecule has 0 aliphatic heterocycles. The van der Waals surface area contributed by atoms with Gasteiger partial charge in [-0.05, 0) is 31.9 Å². The van der Waals surface area contributed by atoms with E-state index >= 15 is 0 Å². The van der Waals surface area contributed by atoms with Crippen molar-refractivity contribution in [1.82, 2.24) is 5.32 Å². The van der Waals surface area contributed by atoms with E-state index in [1.807, 2.05) is 39.0 Å². The Hall–Kier alpha value is -2.02. The number of carbonyl (C=O) groups excluding carboxylic acids is 1. The zero-order chi connectivity index (χ0) is 13.5. The van der Waals surface area contributed by atoms with Crippen LogP contribution in [0.4, 0.5) is 5.69 Å². The first kappa shape index (κ1) is 14.0. The number of nitrogens with one attached hydrogen (secondary N) is 2. The van der Waals surface area contributed by atoms with Gasteiger partial charge in [-0.3, -0.25) is 4.79 Å². The van der Waals surface area contributed by atoms with Gasteiger partial charge in [-0.25, -0.2) is 0 Å². The summed E-state index contributed by atoms with van der Waals surface area (Å²) < 4.78 is 0. The minimum Gasteiger partial charge on any atom is -0.375 e. The molecule has 2 N–H and O–H groups in total. The second-order valence-electron chi connectivity index (χ2n) is 4.34. The summed E-state index contributed by atoms with van der Waals surface area (Å²) in [7, 11) is 0. The molecule has 0 bridgehead atoms. The van der Waals surface area contributed by atoms with Crippen LogP contribution in [-0.4, -0.2) is 18.5 Å². The Kier molecular flexibility index (Phi) is 5.19. The average Bonchev–Trinajstić information content (AvgIpc) is 2.36. The van der Waals surface area contributed by atoms with Gasteiger partial charge in [-0.1, -0.05) is 19.1 Å². The summed E-state index contributed by atoms with van der Waals surface area (Å²) in [5.74, 6) is -0.0604. The Morgan fingerprint density at radius 2 is 2.22 bits per heavy atom. The van der Waals surface area contributed by atoms with Crippen molar-refractivity contribution in [2.24, 2.45) is 0 Å². The Morgan fingerprint density at radius 3 is 2.83 bits per heavy atom. The lowest BCUT2D eigenvalue weighted by Gasteiger charge is -2.13. The number of rotatable bonds is 5. The summed E-state index contributed by atoms with van der Waals surface area (Å²) in [6, 6.07) is 7.87. The molecule has 18 heavy (non-hydrogen) atoms. The standard InChI is InChI=1S/C14H19N3O/c1-4-11(3)17-14(18)9-16-13-7-5-6-10(2)12(13)8-15/h5-7,11,16H,4,9H2,1-3H3,(H,17,18). The highest BCUT2D eigenvalue weighted by Crippen LogP contribution is 2.17. The highest BCUT2D eigenvalue weighted by molar-refractivity contribution is 5.81. The number of anilines is 1. The van der Waals surface area contributed by atoms with Gasteiger partial charge in [0.25, 0.3) is 0 Å². The highest BCUT2D eigenvalue weighted by Gasteiger charge is 2.08. The summed E-state index contributed by atoms with van der Waals surface area (Å²) in [4.78, 5) is 11.6. The first-order valence-electron chi connectivity index (χ1n) is 6.11. The van der Waals surface area contributed by atoms with Crippen LogP contribution in [0.5, 0.6) is 0 Å². The van der Waals surface area contributed by atoms with Crippen molar-refractivity contribution in [2.75, 3.05) is 11.9 Å². The van der Waals surface area contributed by atoms with E-state index in [9.17, 15) is 4.79 Å². The minimum absolute atomic E-state index is 0.0604. The molecule has 1 aromatic carbocycles. The molecule has 0 spiro atoms. The van der Waals surface area contributed by atoms with E-state index in [2.05, 4.69) is 16.7 Å². The average molecular weight is 245 g/mol. The number of carbonyl (C=O) groups is 1. The second-order valence-corrected chi connectivity index (χ2v) is 4.34. The molecule has 96 valence electrons. The van der Waals surface area contributed by atoms with Gasteiger partial charge in [-0.15, -0.1) is 0 Å². The van der Waals surface area contributed by atoms with Crippen LogP contribution in [0.25, 0.3) is 0 Å². The Labute approximate surface area is 108 Å². The van der Waals surface area contributed by atoms with E-state index in [0.29, 0.717) is 11.3 Å². The molecular formula is C14H19N3O. The van der Waals surface area contributed by atoms with Gasteiger partial charge in [0.05, 0.1) is 17.8 Å². The van der Waals surface area contributed by atoms with Crippen LogP contribution in [-0.2, 0) is 4.79 Å². The van der Waals surface area contributed by atoms with Gasteiger partial charge in [0.15, 0.2) is 0 Å². The molecule has 1 aromatic rings. The van der Waals surface area contributed by atoms with E-state index in [-0.39, 0.29) is 18.5 Å². The van der Waals surface area contributed by atoms with Gasteiger partial charge >= 0.3 is 0 Å². The maximum atomic E-state index is 11.6. The molecule has 1 rings (SSSR count). The number of nitriles is 1. The topological polar surface area (TPSA) is 64.9 Å². The molecule has 0 saturated heterocycles. The molecule has 0 radical (unpaired) electrons. The van der Waals surface area contributed by atoms with Crippen molar-refractivity contribution in [3.8, 4) is 6.07 Å². The number of benzene rings is 1. The lowest BCUT2D eigenvalue weighted by atomic mass is 10.1. The van der Waals surface area contributed by atoms with Gasteiger partial charge in [0.1, 0.15) is 6.07 Å². The second kappa shape index (κ2) is 6.65. The minimum atomic E-state index is -0.0604. The summed E-state index contributed by atoms with van der Waals surface area (Å²) in [5, 5.41) is 14.9. The van der Waals surface area contributed by atoms with E-state index in [4.69, 9.17) is 5.26 Å². The van der Waals surface area contributed by atoms with Gasteiger partial charge in [-0.2, -0.15) is 5.26 Å². The normalized spacial score (nSPS) is 11.4. The maximum Gasteiger partial charge on any atom is 0.239 e. The van der Waals surface area contributed by atoms with Crippen molar-refractivity contribution in [1.29, 1.82) is 5.26 Å². The third-order valence-corrected chi connectivity index (χ3v) is 2.84.